The van der Waals surface area contributed by atoms with Crippen molar-refractivity contribution >= 4 is 46.1 Å². The summed E-state index contributed by atoms with van der Waals surface area (Å²) in [6, 6.07) is 7.13. The number of likely N-dealkylation sites (N-methyl/N-ethyl adjacent to an activating group) is 1. The molecule has 0 aliphatic heterocycles. The van der Waals surface area contributed by atoms with E-state index in [1.165, 1.54) is 5.56 Å². The summed E-state index contributed by atoms with van der Waals surface area (Å²) >= 11 is 13.4. The normalized spacial score (nSPS) is 12.2. The third kappa shape index (κ3) is 4.49. The van der Waals surface area contributed by atoms with Crippen LogP contribution in [0.2, 0.25) is 10.0 Å². The summed E-state index contributed by atoms with van der Waals surface area (Å²) < 4.78 is 0. The van der Waals surface area contributed by atoms with Crippen molar-refractivity contribution in [1.82, 2.24) is 0 Å². The Labute approximate surface area is 132 Å². The first-order valence-corrected chi connectivity index (χ1v) is 7.82. The van der Waals surface area contributed by atoms with Gasteiger partial charge in [0.05, 0.1) is 17.1 Å². The number of nitrogens with one attached hydrogen (secondary N) is 2. The number of halogens is 2. The molecule has 2 N–H and O–H groups in total. The van der Waals surface area contributed by atoms with E-state index in [1.54, 1.807) is 29.5 Å². The lowest BCUT2D eigenvalue weighted by Crippen LogP contribution is -3.08. The molecule has 0 fully saturated rings. The number of carbonyl (C=O) groups is 1. The van der Waals surface area contributed by atoms with Gasteiger partial charge in [-0.1, -0.05) is 23.2 Å². The van der Waals surface area contributed by atoms with Gasteiger partial charge in [0, 0.05) is 11.3 Å². The number of benzene rings is 1. The van der Waals surface area contributed by atoms with Gasteiger partial charge in [-0.3, -0.25) is 4.79 Å². The minimum absolute atomic E-state index is 0.0453. The third-order valence-electron chi connectivity index (χ3n) is 2.75. The van der Waals surface area contributed by atoms with Crippen LogP contribution in [0.4, 0.5) is 5.69 Å². The second-order valence-electron chi connectivity index (χ2n) is 4.62. The highest BCUT2D eigenvalue weighted by Crippen LogP contribution is 2.24. The van der Waals surface area contributed by atoms with Gasteiger partial charge < -0.3 is 10.2 Å². The maximum absolute atomic E-state index is 11.9. The standard InChI is InChI=1S/C14H14Cl2N2OS/c1-18(7-10-4-5-20-9-10)8-14(19)17-11-2-3-12(15)13(16)6-11/h2-6,9H,7-8H2,1H3,(H,17,19)/p+1. The maximum atomic E-state index is 11.9. The predicted molar refractivity (Wildman–Crippen MR) is 84.9 cm³/mol. The fraction of sp³-hybridized carbons (Fsp3) is 0.214. The Bertz CT molecular complexity index is 587. The molecule has 0 aliphatic carbocycles. The SMILES string of the molecule is C[NH+](CC(=O)Nc1ccc(Cl)c(Cl)c1)Cc1ccsc1. The van der Waals surface area contributed by atoms with Gasteiger partial charge in [0.1, 0.15) is 6.54 Å². The molecular weight excluding hydrogens is 315 g/mol. The summed E-state index contributed by atoms with van der Waals surface area (Å²) in [5.74, 6) is -0.0453. The van der Waals surface area contributed by atoms with Crippen molar-refractivity contribution in [3.63, 3.8) is 0 Å². The van der Waals surface area contributed by atoms with Gasteiger partial charge in [-0.05, 0) is 35.0 Å². The van der Waals surface area contributed by atoms with Crippen molar-refractivity contribution in [3.8, 4) is 0 Å². The molecule has 1 unspecified atom stereocenters. The molecule has 1 aromatic heterocycles. The molecule has 2 aromatic rings. The molecule has 2 rings (SSSR count). The second kappa shape index (κ2) is 7.09. The number of hydrogen-bond donors (Lipinski definition) is 2. The van der Waals surface area contributed by atoms with Gasteiger partial charge >= 0.3 is 0 Å². The van der Waals surface area contributed by atoms with Gasteiger partial charge in [0.25, 0.3) is 5.91 Å². The van der Waals surface area contributed by atoms with E-state index in [4.69, 9.17) is 23.2 Å². The Morgan fingerprint density at radius 3 is 2.75 bits per heavy atom. The zero-order valence-electron chi connectivity index (χ0n) is 11.0. The number of thiophene rings is 1. The molecule has 20 heavy (non-hydrogen) atoms. The van der Waals surface area contributed by atoms with Crippen molar-refractivity contribution in [3.05, 3.63) is 50.6 Å². The van der Waals surface area contributed by atoms with Crippen LogP contribution in [0.3, 0.4) is 0 Å². The molecule has 0 radical (unpaired) electrons. The molecule has 0 bridgehead atoms. The lowest BCUT2D eigenvalue weighted by molar-refractivity contribution is -0.885. The fourth-order valence-electron chi connectivity index (χ4n) is 1.86. The number of anilines is 1. The van der Waals surface area contributed by atoms with Crippen molar-refractivity contribution in [1.29, 1.82) is 0 Å². The number of quaternary nitrogens is 1. The van der Waals surface area contributed by atoms with Crippen molar-refractivity contribution in [2.24, 2.45) is 0 Å². The second-order valence-corrected chi connectivity index (χ2v) is 6.21. The quantitative estimate of drug-likeness (QED) is 0.868. The van der Waals surface area contributed by atoms with Crippen LogP contribution in [0.25, 0.3) is 0 Å². The highest BCUT2D eigenvalue weighted by atomic mass is 35.5. The van der Waals surface area contributed by atoms with Crippen LogP contribution in [-0.4, -0.2) is 19.5 Å². The average Bonchev–Trinajstić information content (AvgIpc) is 2.86. The predicted octanol–water partition coefficient (Wildman–Crippen LogP) is 2.71. The van der Waals surface area contributed by atoms with Crippen molar-refractivity contribution < 1.29 is 9.69 Å². The van der Waals surface area contributed by atoms with Crippen LogP contribution in [0, 0.1) is 0 Å². The summed E-state index contributed by atoms with van der Waals surface area (Å²) in [4.78, 5) is 13.1. The van der Waals surface area contributed by atoms with Crippen molar-refractivity contribution in [2.75, 3.05) is 18.9 Å². The maximum Gasteiger partial charge on any atom is 0.279 e. The van der Waals surface area contributed by atoms with Crippen LogP contribution in [0.15, 0.2) is 35.0 Å². The smallest absolute Gasteiger partial charge is 0.279 e. The topological polar surface area (TPSA) is 33.5 Å². The molecule has 0 spiro atoms. The third-order valence-corrected chi connectivity index (χ3v) is 4.22. The summed E-state index contributed by atoms with van der Waals surface area (Å²) in [6.45, 7) is 1.23. The molecule has 106 valence electrons. The fourth-order valence-corrected chi connectivity index (χ4v) is 2.82. The van der Waals surface area contributed by atoms with Crippen LogP contribution in [0.5, 0.6) is 0 Å². The lowest BCUT2D eigenvalue weighted by Gasteiger charge is -2.13. The Morgan fingerprint density at radius 2 is 2.10 bits per heavy atom. The summed E-state index contributed by atoms with van der Waals surface area (Å²) in [6.07, 6.45) is 0. The molecule has 6 heteroatoms. The van der Waals surface area contributed by atoms with E-state index in [-0.39, 0.29) is 5.91 Å². The monoisotopic (exact) mass is 329 g/mol. The zero-order valence-corrected chi connectivity index (χ0v) is 13.3. The molecule has 1 amide bonds. The van der Waals surface area contributed by atoms with E-state index in [9.17, 15) is 4.79 Å². The van der Waals surface area contributed by atoms with Crippen LogP contribution in [-0.2, 0) is 11.3 Å². The van der Waals surface area contributed by atoms with E-state index in [2.05, 4.69) is 16.8 Å². The number of rotatable bonds is 5. The Balaban J connectivity index is 1.87. The Kier molecular flexibility index (Phi) is 5.43. The van der Waals surface area contributed by atoms with Gasteiger partial charge in [0.2, 0.25) is 0 Å². The van der Waals surface area contributed by atoms with Gasteiger partial charge in [0.15, 0.2) is 6.54 Å². The van der Waals surface area contributed by atoms with E-state index in [0.29, 0.717) is 22.3 Å². The minimum Gasteiger partial charge on any atom is -0.326 e. The van der Waals surface area contributed by atoms with E-state index >= 15 is 0 Å². The van der Waals surface area contributed by atoms with E-state index in [1.807, 2.05) is 12.4 Å². The first-order chi connectivity index (χ1) is 9.54. The van der Waals surface area contributed by atoms with Gasteiger partial charge in [-0.15, -0.1) is 0 Å². The number of hydrogen-bond acceptors (Lipinski definition) is 2. The number of amides is 1. The number of carbonyl (C=O) groups excluding carboxylic acids is 1. The van der Waals surface area contributed by atoms with E-state index < -0.39 is 0 Å². The highest BCUT2D eigenvalue weighted by molar-refractivity contribution is 7.07. The molecule has 3 nitrogen and oxygen atoms in total. The molecule has 0 saturated heterocycles. The first kappa shape index (κ1) is 15.3. The zero-order chi connectivity index (χ0) is 14.5. The first-order valence-electron chi connectivity index (χ1n) is 6.12. The van der Waals surface area contributed by atoms with Gasteiger partial charge in [-0.25, -0.2) is 0 Å². The Hall–Kier alpha value is -1.07. The highest BCUT2D eigenvalue weighted by Gasteiger charge is 2.11. The molecule has 1 heterocycles. The summed E-state index contributed by atoms with van der Waals surface area (Å²) in [5.41, 5.74) is 1.91. The molecule has 1 atom stereocenters. The van der Waals surface area contributed by atoms with Crippen LogP contribution in [0.1, 0.15) is 5.56 Å². The summed E-state index contributed by atoms with van der Waals surface area (Å²) in [5, 5.41) is 7.87. The Morgan fingerprint density at radius 1 is 1.30 bits per heavy atom. The van der Waals surface area contributed by atoms with Crippen LogP contribution < -0.4 is 10.2 Å². The van der Waals surface area contributed by atoms with E-state index in [0.717, 1.165) is 11.4 Å². The minimum atomic E-state index is -0.0453. The molecule has 1 aromatic carbocycles. The average molecular weight is 330 g/mol. The van der Waals surface area contributed by atoms with Gasteiger partial charge in [-0.2, -0.15) is 11.3 Å². The largest absolute Gasteiger partial charge is 0.326 e. The molecular formula is C14H15Cl2N2OS+. The van der Waals surface area contributed by atoms with Crippen LogP contribution >= 0.6 is 34.5 Å². The summed E-state index contributed by atoms with van der Waals surface area (Å²) in [7, 11) is 1.99. The molecule has 0 aliphatic rings. The molecule has 0 saturated carbocycles. The lowest BCUT2D eigenvalue weighted by atomic mass is 10.3. The van der Waals surface area contributed by atoms with Crippen molar-refractivity contribution in [2.45, 2.75) is 6.54 Å².